The standard InChI is InChI=1S/C7H11NO2/c1-5-4-6(9)2-3-7(10)8-5/h5H,2-4H2,1H3,(H,8,10). The number of ketones is 1. The monoisotopic (exact) mass is 141 g/mol. The van der Waals surface area contributed by atoms with Crippen molar-refractivity contribution in [2.75, 3.05) is 0 Å². The highest BCUT2D eigenvalue weighted by atomic mass is 16.2. The van der Waals surface area contributed by atoms with Gasteiger partial charge in [0.15, 0.2) is 0 Å². The van der Waals surface area contributed by atoms with Crippen molar-refractivity contribution < 1.29 is 9.59 Å². The second-order valence-corrected chi connectivity index (χ2v) is 2.71. The third kappa shape index (κ3) is 1.83. The van der Waals surface area contributed by atoms with Gasteiger partial charge in [-0.15, -0.1) is 0 Å². The van der Waals surface area contributed by atoms with E-state index in [1.54, 1.807) is 0 Å². The molecule has 1 amide bonds. The van der Waals surface area contributed by atoms with Crippen LogP contribution in [0.4, 0.5) is 0 Å². The molecule has 1 unspecified atom stereocenters. The molecule has 0 aromatic heterocycles. The number of hydrogen-bond donors (Lipinski definition) is 1. The van der Waals surface area contributed by atoms with Crippen molar-refractivity contribution in [1.82, 2.24) is 5.32 Å². The first kappa shape index (κ1) is 7.25. The molecular formula is C7H11NO2. The van der Waals surface area contributed by atoms with Crippen LogP contribution in [0, 0.1) is 0 Å². The van der Waals surface area contributed by atoms with Gasteiger partial charge < -0.3 is 5.32 Å². The zero-order valence-corrected chi connectivity index (χ0v) is 6.02. The van der Waals surface area contributed by atoms with Crippen LogP contribution >= 0.6 is 0 Å². The number of carbonyl (C=O) groups is 2. The number of carbonyl (C=O) groups excluding carboxylic acids is 2. The van der Waals surface area contributed by atoms with Gasteiger partial charge in [0.1, 0.15) is 5.78 Å². The molecule has 0 bridgehead atoms. The molecule has 1 saturated heterocycles. The Morgan fingerprint density at radius 3 is 2.80 bits per heavy atom. The lowest BCUT2D eigenvalue weighted by molar-refractivity contribution is -0.123. The quantitative estimate of drug-likeness (QED) is 0.525. The van der Waals surface area contributed by atoms with Gasteiger partial charge in [0.05, 0.1) is 0 Å². The highest BCUT2D eigenvalue weighted by Crippen LogP contribution is 2.04. The van der Waals surface area contributed by atoms with Crippen LogP contribution < -0.4 is 5.32 Å². The van der Waals surface area contributed by atoms with Gasteiger partial charge in [0, 0.05) is 25.3 Å². The topological polar surface area (TPSA) is 46.2 Å². The molecule has 0 radical (unpaired) electrons. The van der Waals surface area contributed by atoms with E-state index in [0.717, 1.165) is 0 Å². The van der Waals surface area contributed by atoms with E-state index < -0.39 is 0 Å². The maximum atomic E-state index is 10.8. The summed E-state index contributed by atoms with van der Waals surface area (Å²) >= 11 is 0. The molecule has 1 fully saturated rings. The average molecular weight is 141 g/mol. The average Bonchev–Trinajstić information content (AvgIpc) is 1.93. The summed E-state index contributed by atoms with van der Waals surface area (Å²) in [6.07, 6.45) is 1.27. The van der Waals surface area contributed by atoms with E-state index in [2.05, 4.69) is 5.32 Å². The first-order valence-electron chi connectivity index (χ1n) is 3.49. The van der Waals surface area contributed by atoms with Gasteiger partial charge in [-0.25, -0.2) is 0 Å². The molecule has 1 aliphatic heterocycles. The third-order valence-electron chi connectivity index (χ3n) is 1.57. The van der Waals surface area contributed by atoms with Crippen molar-refractivity contribution in [3.8, 4) is 0 Å². The fourth-order valence-electron chi connectivity index (χ4n) is 1.09. The summed E-state index contributed by atoms with van der Waals surface area (Å²) in [4.78, 5) is 21.6. The zero-order valence-electron chi connectivity index (χ0n) is 6.02. The van der Waals surface area contributed by atoms with E-state index >= 15 is 0 Å². The van der Waals surface area contributed by atoms with E-state index in [1.165, 1.54) is 0 Å². The molecule has 0 aliphatic carbocycles. The molecule has 10 heavy (non-hydrogen) atoms. The molecule has 3 heteroatoms. The van der Waals surface area contributed by atoms with Gasteiger partial charge >= 0.3 is 0 Å². The fourth-order valence-corrected chi connectivity index (χ4v) is 1.09. The largest absolute Gasteiger partial charge is 0.353 e. The van der Waals surface area contributed by atoms with Crippen molar-refractivity contribution in [2.45, 2.75) is 32.2 Å². The van der Waals surface area contributed by atoms with Crippen molar-refractivity contribution in [2.24, 2.45) is 0 Å². The molecule has 0 aromatic rings. The van der Waals surface area contributed by atoms with Crippen LogP contribution in [-0.2, 0) is 9.59 Å². The maximum Gasteiger partial charge on any atom is 0.220 e. The Hall–Kier alpha value is -0.860. The van der Waals surface area contributed by atoms with E-state index in [1.807, 2.05) is 6.92 Å². The number of nitrogens with one attached hydrogen (secondary N) is 1. The molecule has 1 aliphatic rings. The summed E-state index contributed by atoms with van der Waals surface area (Å²) in [7, 11) is 0. The Kier molecular flexibility index (Phi) is 2.04. The van der Waals surface area contributed by atoms with E-state index in [-0.39, 0.29) is 17.7 Å². The lowest BCUT2D eigenvalue weighted by atomic mass is 10.1. The van der Waals surface area contributed by atoms with Gasteiger partial charge in [-0.2, -0.15) is 0 Å². The SMILES string of the molecule is CC1CC(=O)CCC(=O)N1. The minimum absolute atomic E-state index is 0.00153. The van der Waals surface area contributed by atoms with E-state index in [9.17, 15) is 9.59 Å². The van der Waals surface area contributed by atoms with Gasteiger partial charge in [-0.05, 0) is 6.92 Å². The van der Waals surface area contributed by atoms with Crippen molar-refractivity contribution in [3.63, 3.8) is 0 Å². The predicted octanol–water partition coefficient (Wildman–Crippen LogP) is 0.244. The van der Waals surface area contributed by atoms with Gasteiger partial charge in [-0.1, -0.05) is 0 Å². The second kappa shape index (κ2) is 2.82. The van der Waals surface area contributed by atoms with Crippen molar-refractivity contribution in [1.29, 1.82) is 0 Å². The fraction of sp³-hybridized carbons (Fsp3) is 0.714. The van der Waals surface area contributed by atoms with Crippen LogP contribution in [0.15, 0.2) is 0 Å². The van der Waals surface area contributed by atoms with Crippen LogP contribution in [0.5, 0.6) is 0 Å². The Morgan fingerprint density at radius 1 is 1.40 bits per heavy atom. The van der Waals surface area contributed by atoms with E-state index in [4.69, 9.17) is 0 Å². The predicted molar refractivity (Wildman–Crippen MR) is 36.5 cm³/mol. The van der Waals surface area contributed by atoms with Crippen LogP contribution in [-0.4, -0.2) is 17.7 Å². The Morgan fingerprint density at radius 2 is 2.10 bits per heavy atom. The lowest BCUT2D eigenvalue weighted by Crippen LogP contribution is -2.30. The third-order valence-corrected chi connectivity index (χ3v) is 1.57. The minimum Gasteiger partial charge on any atom is -0.353 e. The first-order valence-corrected chi connectivity index (χ1v) is 3.49. The van der Waals surface area contributed by atoms with Gasteiger partial charge in [0.25, 0.3) is 0 Å². The number of amides is 1. The molecular weight excluding hydrogens is 130 g/mol. The minimum atomic E-state index is -0.00153. The zero-order chi connectivity index (χ0) is 7.56. The molecule has 0 aromatic carbocycles. The summed E-state index contributed by atoms with van der Waals surface area (Å²) in [5.41, 5.74) is 0. The van der Waals surface area contributed by atoms with Gasteiger partial charge in [0.2, 0.25) is 5.91 Å². The van der Waals surface area contributed by atoms with Crippen LogP contribution in [0.25, 0.3) is 0 Å². The summed E-state index contributed by atoms with van der Waals surface area (Å²) < 4.78 is 0. The van der Waals surface area contributed by atoms with Crippen LogP contribution in [0.1, 0.15) is 26.2 Å². The van der Waals surface area contributed by atoms with E-state index in [0.29, 0.717) is 19.3 Å². The molecule has 3 nitrogen and oxygen atoms in total. The normalized spacial score (nSPS) is 27.5. The van der Waals surface area contributed by atoms with Gasteiger partial charge in [-0.3, -0.25) is 9.59 Å². The highest BCUT2D eigenvalue weighted by Gasteiger charge is 2.17. The Labute approximate surface area is 59.8 Å². The molecule has 0 saturated carbocycles. The maximum absolute atomic E-state index is 10.8. The Balaban J connectivity index is 2.54. The number of hydrogen-bond acceptors (Lipinski definition) is 2. The number of rotatable bonds is 0. The number of Topliss-reactive ketones (excluding diaryl/α,β-unsaturated/α-hetero) is 1. The van der Waals surface area contributed by atoms with Crippen LogP contribution in [0.3, 0.4) is 0 Å². The highest BCUT2D eigenvalue weighted by molar-refractivity contribution is 5.87. The molecule has 1 rings (SSSR count). The first-order chi connectivity index (χ1) is 4.68. The summed E-state index contributed by atoms with van der Waals surface area (Å²) in [6.45, 7) is 1.85. The molecule has 56 valence electrons. The smallest absolute Gasteiger partial charge is 0.220 e. The van der Waals surface area contributed by atoms with Crippen LogP contribution in [0.2, 0.25) is 0 Å². The summed E-state index contributed by atoms with van der Waals surface area (Å²) in [6, 6.07) is 0.0301. The van der Waals surface area contributed by atoms with Crippen molar-refractivity contribution >= 4 is 11.7 Å². The lowest BCUT2D eigenvalue weighted by Gasteiger charge is -2.06. The van der Waals surface area contributed by atoms with Crippen molar-refractivity contribution in [3.05, 3.63) is 0 Å². The molecule has 0 spiro atoms. The summed E-state index contributed by atoms with van der Waals surface area (Å²) in [5, 5.41) is 2.71. The second-order valence-electron chi connectivity index (χ2n) is 2.71. The molecule has 1 N–H and O–H groups in total. The Bertz CT molecular complexity index is 147. The molecule has 1 atom stereocenters. The molecule has 1 heterocycles. The summed E-state index contributed by atoms with van der Waals surface area (Å²) in [5.74, 6) is 0.184.